The first kappa shape index (κ1) is 9.14. The van der Waals surface area contributed by atoms with E-state index < -0.39 is 11.7 Å². The lowest BCUT2D eigenvalue weighted by Gasteiger charge is -2.03. The Morgan fingerprint density at radius 3 is 2.30 bits per heavy atom. The van der Waals surface area contributed by atoms with Gasteiger partial charge in [0.25, 0.3) is 5.91 Å². The minimum Gasteiger partial charge on any atom is -0.363 e. The lowest BCUT2D eigenvalue weighted by Crippen LogP contribution is -2.28. The van der Waals surface area contributed by atoms with Gasteiger partial charge >= 0.3 is 0 Å². The highest BCUT2D eigenvalue weighted by atomic mass is 16.2. The van der Waals surface area contributed by atoms with E-state index in [-0.39, 0.29) is 5.92 Å². The normalized spacial score (nSPS) is 12.6. The van der Waals surface area contributed by atoms with Gasteiger partial charge in [-0.3, -0.25) is 9.59 Å². The van der Waals surface area contributed by atoms with Gasteiger partial charge in [-0.2, -0.15) is 0 Å². The van der Waals surface area contributed by atoms with E-state index in [9.17, 15) is 9.59 Å². The molecule has 0 saturated heterocycles. The van der Waals surface area contributed by atoms with E-state index in [1.807, 2.05) is 6.92 Å². The van der Waals surface area contributed by atoms with E-state index in [1.165, 1.54) is 0 Å². The molecular weight excluding hydrogens is 130 g/mol. The van der Waals surface area contributed by atoms with Crippen molar-refractivity contribution in [3.8, 4) is 0 Å². The van der Waals surface area contributed by atoms with E-state index in [0.29, 0.717) is 0 Å². The molecule has 0 aromatic rings. The molecule has 0 aromatic carbocycles. The van der Waals surface area contributed by atoms with Crippen LogP contribution in [0.25, 0.3) is 0 Å². The third-order valence-electron chi connectivity index (χ3n) is 1.41. The van der Waals surface area contributed by atoms with Crippen LogP contribution in [-0.2, 0) is 9.59 Å². The Labute approximate surface area is 60.6 Å². The molecule has 0 aliphatic carbocycles. The van der Waals surface area contributed by atoms with Crippen LogP contribution in [0.2, 0.25) is 0 Å². The molecule has 1 unspecified atom stereocenters. The molecule has 58 valence electrons. The predicted octanol–water partition coefficient (Wildman–Crippen LogP) is 0.477. The van der Waals surface area contributed by atoms with Crippen LogP contribution in [0.5, 0.6) is 0 Å². The van der Waals surface area contributed by atoms with Gasteiger partial charge in [0.15, 0.2) is 0 Å². The first-order valence-corrected chi connectivity index (χ1v) is 3.43. The van der Waals surface area contributed by atoms with Gasteiger partial charge in [-0.25, -0.2) is 0 Å². The minimum atomic E-state index is -0.819. The van der Waals surface area contributed by atoms with E-state index in [1.54, 1.807) is 6.92 Å². The number of Topliss-reactive ketones (excluding diaryl/α,β-unsaturated/α-hetero) is 1. The smallest absolute Gasteiger partial charge is 0.285 e. The van der Waals surface area contributed by atoms with Gasteiger partial charge in [-0.1, -0.05) is 20.3 Å². The molecule has 3 nitrogen and oxygen atoms in total. The zero-order valence-electron chi connectivity index (χ0n) is 6.39. The Morgan fingerprint density at radius 2 is 2.00 bits per heavy atom. The molecule has 0 heterocycles. The maximum atomic E-state index is 10.8. The second kappa shape index (κ2) is 4.04. The third kappa shape index (κ3) is 2.62. The molecule has 0 aliphatic rings. The van der Waals surface area contributed by atoms with Crippen molar-refractivity contribution in [3.63, 3.8) is 0 Å². The third-order valence-corrected chi connectivity index (χ3v) is 1.41. The molecule has 1 amide bonds. The van der Waals surface area contributed by atoms with Crippen molar-refractivity contribution in [3.05, 3.63) is 0 Å². The maximum absolute atomic E-state index is 10.8. The molecule has 0 bridgehead atoms. The fourth-order valence-electron chi connectivity index (χ4n) is 0.807. The second-order valence-corrected chi connectivity index (χ2v) is 2.42. The highest BCUT2D eigenvalue weighted by Crippen LogP contribution is 2.05. The van der Waals surface area contributed by atoms with E-state index >= 15 is 0 Å². The summed E-state index contributed by atoms with van der Waals surface area (Å²) < 4.78 is 0. The lowest BCUT2D eigenvalue weighted by atomic mass is 10.0. The molecule has 0 aliphatic heterocycles. The first-order chi connectivity index (χ1) is 4.59. The summed E-state index contributed by atoms with van der Waals surface area (Å²) in [6, 6.07) is 0. The summed E-state index contributed by atoms with van der Waals surface area (Å²) >= 11 is 0. The zero-order valence-corrected chi connectivity index (χ0v) is 6.39. The average molecular weight is 143 g/mol. The topological polar surface area (TPSA) is 60.2 Å². The van der Waals surface area contributed by atoms with E-state index in [0.717, 1.165) is 12.8 Å². The number of carbonyl (C=O) groups is 2. The Bertz CT molecular complexity index is 143. The number of hydrogen-bond donors (Lipinski definition) is 1. The number of rotatable bonds is 4. The molecule has 0 radical (unpaired) electrons. The highest BCUT2D eigenvalue weighted by Gasteiger charge is 2.16. The summed E-state index contributed by atoms with van der Waals surface area (Å²) in [5.74, 6) is -1.48. The van der Waals surface area contributed by atoms with Gasteiger partial charge in [0.1, 0.15) is 0 Å². The largest absolute Gasteiger partial charge is 0.363 e. The molecule has 1 atom stereocenters. The van der Waals surface area contributed by atoms with Crippen molar-refractivity contribution in [2.45, 2.75) is 26.7 Å². The van der Waals surface area contributed by atoms with Gasteiger partial charge in [-0.15, -0.1) is 0 Å². The average Bonchev–Trinajstić information content (AvgIpc) is 1.87. The number of nitrogens with two attached hydrogens (primary N) is 1. The van der Waals surface area contributed by atoms with Gasteiger partial charge < -0.3 is 5.73 Å². The maximum Gasteiger partial charge on any atom is 0.285 e. The summed E-state index contributed by atoms with van der Waals surface area (Å²) in [5.41, 5.74) is 4.78. The lowest BCUT2D eigenvalue weighted by molar-refractivity contribution is -0.138. The predicted molar refractivity (Wildman–Crippen MR) is 38.3 cm³/mol. The summed E-state index contributed by atoms with van der Waals surface area (Å²) in [7, 11) is 0. The van der Waals surface area contributed by atoms with Crippen LogP contribution in [0.3, 0.4) is 0 Å². The van der Waals surface area contributed by atoms with Crippen LogP contribution in [0.1, 0.15) is 26.7 Å². The molecule has 2 N–H and O–H groups in total. The van der Waals surface area contributed by atoms with E-state index in [4.69, 9.17) is 5.73 Å². The SMILES string of the molecule is CCCC(C)C(=O)C(N)=O. The Kier molecular flexibility index (Phi) is 3.69. The summed E-state index contributed by atoms with van der Waals surface area (Å²) in [4.78, 5) is 21.0. The van der Waals surface area contributed by atoms with Crippen molar-refractivity contribution < 1.29 is 9.59 Å². The van der Waals surface area contributed by atoms with Gasteiger partial charge in [0.2, 0.25) is 5.78 Å². The van der Waals surface area contributed by atoms with Gasteiger partial charge in [0.05, 0.1) is 0 Å². The van der Waals surface area contributed by atoms with Crippen molar-refractivity contribution in [2.75, 3.05) is 0 Å². The molecule has 10 heavy (non-hydrogen) atoms. The monoisotopic (exact) mass is 143 g/mol. The molecule has 3 heteroatoms. The fraction of sp³-hybridized carbons (Fsp3) is 0.714. The molecule has 0 fully saturated rings. The van der Waals surface area contributed by atoms with Crippen LogP contribution in [0, 0.1) is 5.92 Å². The highest BCUT2D eigenvalue weighted by molar-refractivity contribution is 6.36. The van der Waals surface area contributed by atoms with Crippen molar-refractivity contribution in [1.29, 1.82) is 0 Å². The summed E-state index contributed by atoms with van der Waals surface area (Å²) in [6.07, 6.45) is 1.64. The zero-order chi connectivity index (χ0) is 8.15. The van der Waals surface area contributed by atoms with Crippen molar-refractivity contribution in [1.82, 2.24) is 0 Å². The quantitative estimate of drug-likeness (QED) is 0.582. The number of ketones is 1. The fourth-order valence-corrected chi connectivity index (χ4v) is 0.807. The summed E-state index contributed by atoms with van der Waals surface area (Å²) in [5, 5.41) is 0. The second-order valence-electron chi connectivity index (χ2n) is 2.42. The first-order valence-electron chi connectivity index (χ1n) is 3.43. The van der Waals surface area contributed by atoms with Crippen LogP contribution in [-0.4, -0.2) is 11.7 Å². The Hall–Kier alpha value is -0.860. The molecule has 0 spiro atoms. The summed E-state index contributed by atoms with van der Waals surface area (Å²) in [6.45, 7) is 3.68. The Morgan fingerprint density at radius 1 is 1.50 bits per heavy atom. The molecular formula is C7H13NO2. The van der Waals surface area contributed by atoms with Crippen LogP contribution in [0.15, 0.2) is 0 Å². The van der Waals surface area contributed by atoms with Crippen LogP contribution in [0.4, 0.5) is 0 Å². The van der Waals surface area contributed by atoms with Gasteiger partial charge in [-0.05, 0) is 6.42 Å². The van der Waals surface area contributed by atoms with Crippen molar-refractivity contribution >= 4 is 11.7 Å². The Balaban J connectivity index is 3.82. The number of amides is 1. The van der Waals surface area contributed by atoms with Gasteiger partial charge in [0, 0.05) is 5.92 Å². The number of hydrogen-bond acceptors (Lipinski definition) is 2. The number of carbonyl (C=O) groups excluding carboxylic acids is 2. The van der Waals surface area contributed by atoms with Crippen LogP contribution < -0.4 is 5.73 Å². The van der Waals surface area contributed by atoms with Crippen molar-refractivity contribution in [2.24, 2.45) is 11.7 Å². The molecule has 0 aromatic heterocycles. The molecule has 0 saturated carbocycles. The minimum absolute atomic E-state index is 0.206. The van der Waals surface area contributed by atoms with Crippen LogP contribution >= 0.6 is 0 Å². The number of primary amides is 1. The standard InChI is InChI=1S/C7H13NO2/c1-3-4-5(2)6(9)7(8)10/h5H,3-4H2,1-2H3,(H2,8,10). The molecule has 0 rings (SSSR count). The van der Waals surface area contributed by atoms with E-state index in [2.05, 4.69) is 0 Å².